The van der Waals surface area contributed by atoms with Gasteiger partial charge in [0.25, 0.3) is 0 Å². The first-order valence-electron chi connectivity index (χ1n) is 9.45. The maximum Gasteiger partial charge on any atom is 0.337 e. The van der Waals surface area contributed by atoms with Crippen LogP contribution in [0.25, 0.3) is 0 Å². The molecule has 0 amide bonds. The lowest BCUT2D eigenvalue weighted by atomic mass is 10.1. The minimum absolute atomic E-state index is 0.152. The molecular formula is C23H24N2O4S. The first-order valence-corrected chi connectivity index (χ1v) is 10.9. The van der Waals surface area contributed by atoms with E-state index in [2.05, 4.69) is 10.0 Å². The van der Waals surface area contributed by atoms with Gasteiger partial charge >= 0.3 is 5.97 Å². The van der Waals surface area contributed by atoms with Crippen LogP contribution in [0.1, 0.15) is 27.5 Å². The van der Waals surface area contributed by atoms with Crippen LogP contribution >= 0.6 is 0 Å². The second kappa shape index (κ2) is 9.56. The predicted octanol–water partition coefficient (Wildman–Crippen LogP) is 3.91. The van der Waals surface area contributed by atoms with Gasteiger partial charge in [0, 0.05) is 12.2 Å². The summed E-state index contributed by atoms with van der Waals surface area (Å²) in [7, 11) is -2.31. The first-order chi connectivity index (χ1) is 14.4. The Hall–Kier alpha value is -3.16. The van der Waals surface area contributed by atoms with E-state index in [1.165, 1.54) is 7.11 Å². The summed E-state index contributed by atoms with van der Waals surface area (Å²) in [5, 5.41) is 3.33. The Morgan fingerprint density at radius 1 is 0.933 bits per heavy atom. The summed E-state index contributed by atoms with van der Waals surface area (Å²) in [6, 6.07) is 22.8. The molecule has 0 radical (unpaired) electrons. The lowest BCUT2D eigenvalue weighted by molar-refractivity contribution is 0.0600. The fraction of sp³-hybridized carbons (Fsp3) is 0.174. The second-order valence-corrected chi connectivity index (χ2v) is 8.61. The Balaban J connectivity index is 1.78. The minimum atomic E-state index is -3.64. The molecule has 0 saturated heterocycles. The van der Waals surface area contributed by atoms with Gasteiger partial charge < -0.3 is 10.1 Å². The van der Waals surface area contributed by atoms with Crippen molar-refractivity contribution >= 4 is 21.7 Å². The van der Waals surface area contributed by atoms with Gasteiger partial charge in [0.2, 0.25) is 10.0 Å². The van der Waals surface area contributed by atoms with Gasteiger partial charge in [-0.2, -0.15) is 0 Å². The molecule has 3 rings (SSSR count). The highest BCUT2D eigenvalue weighted by atomic mass is 32.2. The van der Waals surface area contributed by atoms with E-state index in [9.17, 15) is 13.2 Å². The maximum absolute atomic E-state index is 12.7. The van der Waals surface area contributed by atoms with Gasteiger partial charge in [-0.3, -0.25) is 0 Å². The molecule has 1 unspecified atom stereocenters. The van der Waals surface area contributed by atoms with Crippen LogP contribution in [0.4, 0.5) is 5.69 Å². The summed E-state index contributed by atoms with van der Waals surface area (Å²) in [4.78, 5) is 11.8. The Kier molecular flexibility index (Phi) is 6.87. The van der Waals surface area contributed by atoms with Gasteiger partial charge in [-0.15, -0.1) is 0 Å². The minimum Gasteiger partial charge on any atom is -0.465 e. The number of esters is 1. The van der Waals surface area contributed by atoms with Crippen LogP contribution in [-0.2, 0) is 14.8 Å². The molecule has 0 aliphatic heterocycles. The molecule has 0 heterocycles. The van der Waals surface area contributed by atoms with Gasteiger partial charge in [0.1, 0.15) is 0 Å². The van der Waals surface area contributed by atoms with E-state index in [4.69, 9.17) is 4.74 Å². The van der Waals surface area contributed by atoms with Gasteiger partial charge in [-0.1, -0.05) is 48.0 Å². The molecule has 0 aromatic heterocycles. The zero-order valence-electron chi connectivity index (χ0n) is 16.8. The number of nitrogens with one attached hydrogen (secondary N) is 2. The largest absolute Gasteiger partial charge is 0.465 e. The topological polar surface area (TPSA) is 84.5 Å². The lowest BCUT2D eigenvalue weighted by Crippen LogP contribution is -2.31. The first kappa shape index (κ1) is 21.5. The van der Waals surface area contributed by atoms with Crippen molar-refractivity contribution in [3.63, 3.8) is 0 Å². The summed E-state index contributed by atoms with van der Waals surface area (Å²) in [6.45, 7) is 2.06. The van der Waals surface area contributed by atoms with Crippen LogP contribution in [-0.4, -0.2) is 28.0 Å². The highest BCUT2D eigenvalue weighted by Gasteiger charge is 2.18. The molecule has 0 fully saturated rings. The molecule has 1 atom stereocenters. The van der Waals surface area contributed by atoms with Crippen LogP contribution in [0, 0.1) is 6.92 Å². The third kappa shape index (κ3) is 5.46. The number of anilines is 1. The SMILES string of the molecule is COC(=O)c1ccc(NC(CNS(=O)(=O)c2ccc(C)cc2)c2ccccc2)cc1. The van der Waals surface area contributed by atoms with Crippen molar-refractivity contribution in [3.05, 3.63) is 95.6 Å². The van der Waals surface area contributed by atoms with Gasteiger partial charge in [0.15, 0.2) is 0 Å². The second-order valence-electron chi connectivity index (χ2n) is 6.84. The average molecular weight is 425 g/mol. The third-order valence-corrected chi connectivity index (χ3v) is 6.10. The summed E-state index contributed by atoms with van der Waals surface area (Å²) >= 11 is 0. The number of aryl methyl sites for hydroxylation is 1. The number of benzene rings is 3. The van der Waals surface area contributed by atoms with E-state index in [-0.39, 0.29) is 17.5 Å². The van der Waals surface area contributed by atoms with E-state index >= 15 is 0 Å². The fourth-order valence-corrected chi connectivity index (χ4v) is 4.00. The van der Waals surface area contributed by atoms with Gasteiger partial charge in [-0.05, 0) is 48.9 Å². The maximum atomic E-state index is 12.7. The van der Waals surface area contributed by atoms with Crippen LogP contribution < -0.4 is 10.0 Å². The quantitative estimate of drug-likeness (QED) is 0.536. The van der Waals surface area contributed by atoms with E-state index in [1.807, 2.05) is 37.3 Å². The number of rotatable bonds is 8. The zero-order chi connectivity index (χ0) is 21.6. The number of methoxy groups -OCH3 is 1. The van der Waals surface area contributed by atoms with Crippen LogP contribution in [0.2, 0.25) is 0 Å². The molecule has 0 bridgehead atoms. The van der Waals surface area contributed by atoms with Gasteiger partial charge in [-0.25, -0.2) is 17.9 Å². The van der Waals surface area contributed by atoms with Crippen molar-refractivity contribution in [2.45, 2.75) is 17.9 Å². The van der Waals surface area contributed by atoms with E-state index < -0.39 is 16.0 Å². The summed E-state index contributed by atoms with van der Waals surface area (Å²) in [5.41, 5.74) is 3.12. The molecule has 0 saturated carbocycles. The standard InChI is InChI=1S/C23H24N2O4S/c1-17-8-14-21(15-9-17)30(27,28)24-16-22(18-6-4-3-5-7-18)25-20-12-10-19(11-13-20)23(26)29-2/h3-15,22,24-25H,16H2,1-2H3. The smallest absolute Gasteiger partial charge is 0.337 e. The molecule has 0 spiro atoms. The van der Waals surface area contributed by atoms with Crippen molar-refractivity contribution in [2.24, 2.45) is 0 Å². The highest BCUT2D eigenvalue weighted by Crippen LogP contribution is 2.21. The molecular weight excluding hydrogens is 400 g/mol. The van der Waals surface area contributed by atoms with Gasteiger partial charge in [0.05, 0.1) is 23.6 Å². The molecule has 0 aliphatic carbocycles. The highest BCUT2D eigenvalue weighted by molar-refractivity contribution is 7.89. The lowest BCUT2D eigenvalue weighted by Gasteiger charge is -2.21. The van der Waals surface area contributed by atoms with Crippen molar-refractivity contribution in [3.8, 4) is 0 Å². The van der Waals surface area contributed by atoms with Crippen LogP contribution in [0.15, 0.2) is 83.8 Å². The number of hydrogen-bond acceptors (Lipinski definition) is 5. The predicted molar refractivity (Wildman–Crippen MR) is 117 cm³/mol. The average Bonchev–Trinajstić information content (AvgIpc) is 2.77. The van der Waals surface area contributed by atoms with Crippen molar-refractivity contribution in [1.82, 2.24) is 4.72 Å². The van der Waals surface area contributed by atoms with Crippen molar-refractivity contribution in [1.29, 1.82) is 0 Å². The number of carbonyl (C=O) groups is 1. The number of sulfonamides is 1. The monoisotopic (exact) mass is 424 g/mol. The van der Waals surface area contributed by atoms with Crippen molar-refractivity contribution < 1.29 is 17.9 Å². The Morgan fingerprint density at radius 2 is 1.57 bits per heavy atom. The molecule has 2 N–H and O–H groups in total. The molecule has 0 aliphatic rings. The number of carbonyl (C=O) groups excluding carboxylic acids is 1. The van der Waals surface area contributed by atoms with Crippen LogP contribution in [0.3, 0.4) is 0 Å². The van der Waals surface area contributed by atoms with Crippen molar-refractivity contribution in [2.75, 3.05) is 19.0 Å². The zero-order valence-corrected chi connectivity index (χ0v) is 17.6. The normalized spacial score (nSPS) is 12.2. The Morgan fingerprint density at radius 3 is 2.17 bits per heavy atom. The summed E-state index contributed by atoms with van der Waals surface area (Å²) in [5.74, 6) is -0.410. The fourth-order valence-electron chi connectivity index (χ4n) is 2.95. The Labute approximate surface area is 177 Å². The molecule has 3 aromatic rings. The summed E-state index contributed by atoms with van der Waals surface area (Å²) in [6.07, 6.45) is 0. The van der Waals surface area contributed by atoms with E-state index in [0.29, 0.717) is 5.56 Å². The van der Waals surface area contributed by atoms with Crippen LogP contribution in [0.5, 0.6) is 0 Å². The molecule has 30 heavy (non-hydrogen) atoms. The summed E-state index contributed by atoms with van der Waals surface area (Å²) < 4.78 is 32.8. The molecule has 6 nitrogen and oxygen atoms in total. The van der Waals surface area contributed by atoms with E-state index in [0.717, 1.165) is 16.8 Å². The number of ether oxygens (including phenoxy) is 1. The molecule has 7 heteroatoms. The third-order valence-electron chi connectivity index (χ3n) is 4.66. The molecule has 156 valence electrons. The Bertz CT molecular complexity index is 1080. The molecule has 3 aromatic carbocycles. The number of hydrogen-bond donors (Lipinski definition) is 2. The van der Waals surface area contributed by atoms with E-state index in [1.54, 1.807) is 48.5 Å².